The number of anilines is 1. The average molecular weight is 323 g/mol. The zero-order valence-corrected chi connectivity index (χ0v) is 13.6. The molecular formula is C18H21N5O. The number of hydrogen-bond acceptors (Lipinski definition) is 4. The Morgan fingerprint density at radius 2 is 1.79 bits per heavy atom. The largest absolute Gasteiger partial charge is 0.337 e. The molecule has 2 heterocycles. The minimum Gasteiger partial charge on any atom is -0.337 e. The summed E-state index contributed by atoms with van der Waals surface area (Å²) >= 11 is 0. The van der Waals surface area contributed by atoms with Crippen molar-refractivity contribution in [1.82, 2.24) is 20.2 Å². The topological polar surface area (TPSA) is 61.4 Å². The van der Waals surface area contributed by atoms with Gasteiger partial charge in [-0.25, -0.2) is 14.8 Å². The molecule has 1 aliphatic carbocycles. The molecule has 0 spiro atoms. The lowest BCUT2D eigenvalue weighted by Gasteiger charge is -2.35. The Morgan fingerprint density at radius 1 is 1.04 bits per heavy atom. The molecular weight excluding hydrogens is 302 g/mol. The molecule has 1 aliphatic heterocycles. The number of piperazine rings is 1. The quantitative estimate of drug-likeness (QED) is 0.918. The van der Waals surface area contributed by atoms with E-state index in [0.29, 0.717) is 13.1 Å². The Kier molecular flexibility index (Phi) is 4.02. The highest BCUT2D eigenvalue weighted by molar-refractivity contribution is 5.75. The molecule has 2 amide bonds. The minimum absolute atomic E-state index is 0.0327. The van der Waals surface area contributed by atoms with Gasteiger partial charge < -0.3 is 15.1 Å². The van der Waals surface area contributed by atoms with E-state index in [9.17, 15) is 4.79 Å². The zero-order chi connectivity index (χ0) is 16.4. The van der Waals surface area contributed by atoms with E-state index in [1.165, 1.54) is 11.1 Å². The molecule has 2 aliphatic rings. The first kappa shape index (κ1) is 14.9. The Bertz CT molecular complexity index is 712. The molecule has 1 fully saturated rings. The molecule has 1 aromatic carbocycles. The summed E-state index contributed by atoms with van der Waals surface area (Å²) in [6, 6.07) is 10.4. The molecule has 124 valence electrons. The van der Waals surface area contributed by atoms with Crippen molar-refractivity contribution in [2.24, 2.45) is 0 Å². The summed E-state index contributed by atoms with van der Waals surface area (Å²) < 4.78 is 0. The van der Waals surface area contributed by atoms with E-state index < -0.39 is 0 Å². The van der Waals surface area contributed by atoms with Crippen LogP contribution < -0.4 is 10.2 Å². The molecule has 0 saturated carbocycles. The van der Waals surface area contributed by atoms with Gasteiger partial charge in [0.25, 0.3) is 0 Å². The van der Waals surface area contributed by atoms with Crippen LogP contribution in [0.5, 0.6) is 0 Å². The normalized spacial score (nSPS) is 19.9. The number of benzene rings is 1. The number of nitrogens with zero attached hydrogens (tertiary/aromatic N) is 4. The van der Waals surface area contributed by atoms with Gasteiger partial charge in [0.05, 0.1) is 6.04 Å². The average Bonchev–Trinajstić information content (AvgIpc) is 3.06. The fourth-order valence-corrected chi connectivity index (χ4v) is 3.51. The van der Waals surface area contributed by atoms with E-state index in [0.717, 1.165) is 31.9 Å². The third-order valence-electron chi connectivity index (χ3n) is 4.83. The lowest BCUT2D eigenvalue weighted by Crippen LogP contribution is -2.52. The van der Waals surface area contributed by atoms with Crippen LogP contribution in [0.2, 0.25) is 0 Å². The number of aromatic nitrogens is 2. The van der Waals surface area contributed by atoms with Crippen LogP contribution in [0, 0.1) is 0 Å². The number of carbonyl (C=O) groups excluding carboxylic acids is 1. The Balaban J connectivity index is 1.34. The van der Waals surface area contributed by atoms with Crippen LogP contribution >= 0.6 is 0 Å². The lowest BCUT2D eigenvalue weighted by molar-refractivity contribution is 0.190. The first-order valence-electron chi connectivity index (χ1n) is 8.46. The third kappa shape index (κ3) is 2.91. The molecule has 2 aromatic rings. The van der Waals surface area contributed by atoms with Crippen molar-refractivity contribution in [3.63, 3.8) is 0 Å². The second-order valence-corrected chi connectivity index (χ2v) is 6.26. The number of urea groups is 1. The van der Waals surface area contributed by atoms with Gasteiger partial charge in [-0.2, -0.15) is 0 Å². The molecule has 24 heavy (non-hydrogen) atoms. The fourth-order valence-electron chi connectivity index (χ4n) is 3.51. The van der Waals surface area contributed by atoms with E-state index in [1.807, 2.05) is 17.0 Å². The van der Waals surface area contributed by atoms with E-state index >= 15 is 0 Å². The predicted octanol–water partition coefficient (Wildman–Crippen LogP) is 2.00. The zero-order valence-electron chi connectivity index (χ0n) is 13.6. The number of nitrogens with one attached hydrogen (secondary N) is 1. The van der Waals surface area contributed by atoms with Crippen LogP contribution in [0.15, 0.2) is 42.7 Å². The first-order chi connectivity index (χ1) is 11.8. The summed E-state index contributed by atoms with van der Waals surface area (Å²) in [5, 5.41) is 3.20. The highest BCUT2D eigenvalue weighted by Crippen LogP contribution is 2.30. The first-order valence-corrected chi connectivity index (χ1v) is 8.46. The summed E-state index contributed by atoms with van der Waals surface area (Å²) in [7, 11) is 0. The minimum atomic E-state index is 0.0327. The molecule has 0 radical (unpaired) electrons. The smallest absolute Gasteiger partial charge is 0.318 e. The maximum Gasteiger partial charge on any atom is 0.318 e. The van der Waals surface area contributed by atoms with Gasteiger partial charge in [0.15, 0.2) is 0 Å². The second-order valence-electron chi connectivity index (χ2n) is 6.26. The van der Waals surface area contributed by atoms with E-state index in [4.69, 9.17) is 0 Å². The van der Waals surface area contributed by atoms with Gasteiger partial charge in [0.1, 0.15) is 0 Å². The van der Waals surface area contributed by atoms with E-state index in [2.05, 4.69) is 38.4 Å². The van der Waals surface area contributed by atoms with Gasteiger partial charge in [-0.15, -0.1) is 0 Å². The number of rotatable bonds is 2. The van der Waals surface area contributed by atoms with Gasteiger partial charge in [-0.3, -0.25) is 0 Å². The summed E-state index contributed by atoms with van der Waals surface area (Å²) in [6.07, 6.45) is 5.53. The summed E-state index contributed by atoms with van der Waals surface area (Å²) in [6.45, 7) is 2.91. The molecule has 0 bridgehead atoms. The molecule has 4 rings (SSSR count). The van der Waals surface area contributed by atoms with Gasteiger partial charge >= 0.3 is 6.03 Å². The highest BCUT2D eigenvalue weighted by atomic mass is 16.2. The molecule has 6 heteroatoms. The van der Waals surface area contributed by atoms with Crippen molar-refractivity contribution in [2.45, 2.75) is 18.9 Å². The van der Waals surface area contributed by atoms with Crippen LogP contribution in [0.1, 0.15) is 23.6 Å². The highest BCUT2D eigenvalue weighted by Gasteiger charge is 2.27. The van der Waals surface area contributed by atoms with Gasteiger partial charge in [-0.1, -0.05) is 24.3 Å². The van der Waals surface area contributed by atoms with Crippen LogP contribution in [-0.2, 0) is 6.42 Å². The standard InChI is InChI=1S/C18H21N5O/c24-18(21-16-7-6-14-4-1-2-5-15(14)16)23-12-10-22(11-13-23)17-19-8-3-9-20-17/h1-5,8-9,16H,6-7,10-13H2,(H,21,24)/t16-/m1/s1. The van der Waals surface area contributed by atoms with Crippen molar-refractivity contribution in [2.75, 3.05) is 31.1 Å². The van der Waals surface area contributed by atoms with Crippen molar-refractivity contribution < 1.29 is 4.79 Å². The Hall–Kier alpha value is -2.63. The van der Waals surface area contributed by atoms with Crippen molar-refractivity contribution in [1.29, 1.82) is 0 Å². The van der Waals surface area contributed by atoms with E-state index in [1.54, 1.807) is 12.4 Å². The third-order valence-corrected chi connectivity index (χ3v) is 4.83. The molecule has 1 saturated heterocycles. The van der Waals surface area contributed by atoms with Crippen LogP contribution in [0.4, 0.5) is 10.7 Å². The SMILES string of the molecule is O=C(N[C@@H]1CCc2ccccc21)N1CCN(c2ncccn2)CC1. The van der Waals surface area contributed by atoms with Crippen molar-refractivity contribution >= 4 is 12.0 Å². The molecule has 0 unspecified atom stereocenters. The molecule has 6 nitrogen and oxygen atoms in total. The van der Waals surface area contributed by atoms with Crippen molar-refractivity contribution in [3.05, 3.63) is 53.9 Å². The van der Waals surface area contributed by atoms with Crippen molar-refractivity contribution in [3.8, 4) is 0 Å². The monoisotopic (exact) mass is 323 g/mol. The summed E-state index contributed by atoms with van der Waals surface area (Å²) in [5.74, 6) is 0.738. The molecule has 1 N–H and O–H groups in total. The maximum atomic E-state index is 12.6. The lowest BCUT2D eigenvalue weighted by atomic mass is 10.1. The number of amides is 2. The number of fused-ring (bicyclic) bond motifs is 1. The Labute approximate surface area is 141 Å². The summed E-state index contributed by atoms with van der Waals surface area (Å²) in [5.41, 5.74) is 2.62. The fraction of sp³-hybridized carbons (Fsp3) is 0.389. The maximum absolute atomic E-state index is 12.6. The van der Waals surface area contributed by atoms with E-state index in [-0.39, 0.29) is 12.1 Å². The predicted molar refractivity (Wildman–Crippen MR) is 91.9 cm³/mol. The molecule has 1 aromatic heterocycles. The second kappa shape index (κ2) is 6.47. The van der Waals surface area contributed by atoms with Gasteiger partial charge in [0, 0.05) is 38.6 Å². The van der Waals surface area contributed by atoms with Crippen LogP contribution in [-0.4, -0.2) is 47.1 Å². The van der Waals surface area contributed by atoms with Crippen LogP contribution in [0.3, 0.4) is 0 Å². The Morgan fingerprint density at radius 3 is 2.58 bits per heavy atom. The summed E-state index contributed by atoms with van der Waals surface area (Å²) in [4.78, 5) is 25.1. The van der Waals surface area contributed by atoms with Crippen LogP contribution in [0.25, 0.3) is 0 Å². The number of hydrogen-bond donors (Lipinski definition) is 1. The van der Waals surface area contributed by atoms with Gasteiger partial charge in [-0.05, 0) is 30.0 Å². The van der Waals surface area contributed by atoms with Gasteiger partial charge in [0.2, 0.25) is 5.95 Å². The number of carbonyl (C=O) groups is 1. The molecule has 1 atom stereocenters. The number of aryl methyl sites for hydroxylation is 1.